The number of allylic oxidation sites excluding steroid dienone is 1. The zero-order valence-electron chi connectivity index (χ0n) is 18.1. The molecule has 166 valence electrons. The standard InChI is InChI=1S/C26H24IN4OP/c1-2-23(19-6-4-3-5-7-19)26(20-11-8-18(9-12-20)10-15-25(28)30-32)21-13-14-24-22(16-21)17-29-31(24)33-27/h3-17,32-33H,2H2,1H3,(H2,28,30)/b15-10+,26-23+. The third-order valence-corrected chi connectivity index (χ3v) is 7.36. The number of aromatic nitrogens is 2. The molecule has 0 fully saturated rings. The number of amidine groups is 1. The van der Waals surface area contributed by atoms with Gasteiger partial charge in [-0.25, -0.2) is 4.45 Å². The molecule has 1 aromatic heterocycles. The molecule has 0 amide bonds. The monoisotopic (exact) mass is 566 g/mol. The Bertz CT molecular complexity index is 1340. The van der Waals surface area contributed by atoms with Crippen molar-refractivity contribution >= 4 is 62.4 Å². The van der Waals surface area contributed by atoms with Crippen molar-refractivity contribution in [3.63, 3.8) is 0 Å². The minimum atomic E-state index is 0.0676. The van der Waals surface area contributed by atoms with Crippen LogP contribution in [-0.2, 0) is 0 Å². The van der Waals surface area contributed by atoms with Crippen LogP contribution >= 0.6 is 28.4 Å². The number of fused-ring (bicyclic) bond motifs is 1. The van der Waals surface area contributed by atoms with Crippen molar-refractivity contribution in [2.75, 3.05) is 0 Å². The van der Waals surface area contributed by atoms with Gasteiger partial charge in [0.15, 0.2) is 5.84 Å². The van der Waals surface area contributed by atoms with Crippen molar-refractivity contribution in [1.82, 2.24) is 9.55 Å². The van der Waals surface area contributed by atoms with Gasteiger partial charge in [0.1, 0.15) is 0 Å². The maximum absolute atomic E-state index is 8.74. The Hall–Kier alpha value is -2.96. The molecule has 3 aromatic carbocycles. The third kappa shape index (κ3) is 5.18. The number of rotatable bonds is 7. The zero-order chi connectivity index (χ0) is 23.2. The zero-order valence-corrected chi connectivity index (χ0v) is 21.3. The lowest BCUT2D eigenvalue weighted by molar-refractivity contribution is 0.319. The van der Waals surface area contributed by atoms with Crippen LogP contribution in [0.2, 0.25) is 0 Å². The molecule has 7 heteroatoms. The van der Waals surface area contributed by atoms with Crippen LogP contribution in [-0.4, -0.2) is 20.6 Å². The molecule has 0 aliphatic heterocycles. The Morgan fingerprint density at radius 1 is 1.06 bits per heavy atom. The number of benzene rings is 3. The Balaban J connectivity index is 1.87. The van der Waals surface area contributed by atoms with Crippen LogP contribution in [0.4, 0.5) is 0 Å². The van der Waals surface area contributed by atoms with E-state index in [4.69, 9.17) is 10.9 Å². The molecule has 0 radical (unpaired) electrons. The summed E-state index contributed by atoms with van der Waals surface area (Å²) >= 11 is 2.35. The number of nitrogens with zero attached hydrogens (tertiary/aromatic N) is 3. The van der Waals surface area contributed by atoms with Crippen LogP contribution < -0.4 is 5.73 Å². The van der Waals surface area contributed by atoms with Crippen LogP contribution in [0.25, 0.3) is 28.1 Å². The number of nitrogens with two attached hydrogens (primary N) is 1. The second-order valence-electron chi connectivity index (χ2n) is 7.47. The predicted octanol–water partition coefficient (Wildman–Crippen LogP) is 6.96. The van der Waals surface area contributed by atoms with E-state index in [9.17, 15) is 0 Å². The van der Waals surface area contributed by atoms with E-state index < -0.39 is 0 Å². The lowest BCUT2D eigenvalue weighted by atomic mass is 9.87. The SMILES string of the molecule is CC/C(=C(/c1ccc(/C=C/C(N)=N/O)cc1)c1ccc2c(cnn2PI)c1)c1ccccc1. The molecule has 0 saturated carbocycles. The largest absolute Gasteiger partial charge is 0.409 e. The highest BCUT2D eigenvalue weighted by molar-refractivity contribution is 14.2. The molecule has 1 unspecified atom stereocenters. The van der Waals surface area contributed by atoms with Gasteiger partial charge in [-0.3, -0.25) is 0 Å². The number of hydrogen-bond donors (Lipinski definition) is 2. The molecule has 4 aromatic rings. The van der Waals surface area contributed by atoms with Crippen molar-refractivity contribution in [2.24, 2.45) is 10.9 Å². The first-order valence-corrected chi connectivity index (χ1v) is 14.6. The van der Waals surface area contributed by atoms with Gasteiger partial charge in [-0.15, -0.1) is 0 Å². The minimum Gasteiger partial charge on any atom is -0.409 e. The fraction of sp³-hybridized carbons (Fsp3) is 0.0769. The van der Waals surface area contributed by atoms with Gasteiger partial charge in [0.2, 0.25) is 0 Å². The van der Waals surface area contributed by atoms with Crippen LogP contribution in [0.1, 0.15) is 35.6 Å². The summed E-state index contributed by atoms with van der Waals surface area (Å²) in [5.41, 5.74) is 13.7. The summed E-state index contributed by atoms with van der Waals surface area (Å²) in [6.45, 7) is 2.20. The summed E-state index contributed by atoms with van der Waals surface area (Å²) in [5, 5.41) is 17.4. The molecule has 0 aliphatic carbocycles. The normalized spacial score (nSPS) is 13.3. The van der Waals surface area contributed by atoms with E-state index in [1.807, 2.05) is 34.9 Å². The van der Waals surface area contributed by atoms with Gasteiger partial charge in [-0.05, 0) is 80.1 Å². The van der Waals surface area contributed by atoms with Gasteiger partial charge in [0.05, 0.1) is 18.1 Å². The van der Waals surface area contributed by atoms with Crippen molar-refractivity contribution in [3.05, 3.63) is 107 Å². The predicted molar refractivity (Wildman–Crippen MR) is 149 cm³/mol. The number of hydrogen-bond acceptors (Lipinski definition) is 3. The summed E-state index contributed by atoms with van der Waals surface area (Å²) < 4.78 is 2.03. The van der Waals surface area contributed by atoms with Crippen LogP contribution in [0.15, 0.2) is 90.2 Å². The average Bonchev–Trinajstić information content (AvgIpc) is 3.29. The van der Waals surface area contributed by atoms with Crippen LogP contribution in [0.3, 0.4) is 0 Å². The topological polar surface area (TPSA) is 76.4 Å². The molecule has 4 rings (SSSR count). The van der Waals surface area contributed by atoms with E-state index in [2.05, 4.69) is 93.8 Å². The molecule has 3 N–H and O–H groups in total. The molecule has 33 heavy (non-hydrogen) atoms. The fourth-order valence-electron chi connectivity index (χ4n) is 3.91. The fourth-order valence-corrected chi connectivity index (χ4v) is 5.46. The lowest BCUT2D eigenvalue weighted by Gasteiger charge is -2.17. The quantitative estimate of drug-likeness (QED) is 0.0483. The molecular weight excluding hydrogens is 542 g/mol. The highest BCUT2D eigenvalue weighted by Crippen LogP contribution is 2.36. The van der Waals surface area contributed by atoms with Crippen molar-refractivity contribution < 1.29 is 5.21 Å². The minimum absolute atomic E-state index is 0.0676. The van der Waals surface area contributed by atoms with E-state index in [1.54, 1.807) is 6.08 Å². The van der Waals surface area contributed by atoms with Gasteiger partial charge in [0, 0.05) is 5.39 Å². The molecule has 0 aliphatic rings. The van der Waals surface area contributed by atoms with Crippen LogP contribution in [0, 0.1) is 0 Å². The van der Waals surface area contributed by atoms with Crippen LogP contribution in [0.5, 0.6) is 0 Å². The second kappa shape index (κ2) is 10.8. The molecule has 0 bridgehead atoms. The molecule has 0 saturated heterocycles. The molecule has 1 atom stereocenters. The van der Waals surface area contributed by atoms with Crippen molar-refractivity contribution in [3.8, 4) is 0 Å². The van der Waals surface area contributed by atoms with E-state index in [1.165, 1.54) is 22.3 Å². The maximum atomic E-state index is 8.74. The molecule has 0 spiro atoms. The first kappa shape index (κ1) is 23.2. The highest BCUT2D eigenvalue weighted by Gasteiger charge is 2.14. The number of oxime groups is 1. The molecule has 5 nitrogen and oxygen atoms in total. The van der Waals surface area contributed by atoms with E-state index in [0.29, 0.717) is 6.37 Å². The molecular formula is C26H24IN4OP. The third-order valence-electron chi connectivity index (χ3n) is 5.48. The lowest BCUT2D eigenvalue weighted by Crippen LogP contribution is -2.06. The van der Waals surface area contributed by atoms with E-state index in [0.717, 1.165) is 28.5 Å². The second-order valence-corrected chi connectivity index (χ2v) is 9.51. The Morgan fingerprint density at radius 2 is 1.79 bits per heavy atom. The van der Waals surface area contributed by atoms with Crippen molar-refractivity contribution in [1.29, 1.82) is 0 Å². The highest BCUT2D eigenvalue weighted by atomic mass is 127. The Labute approximate surface area is 208 Å². The Morgan fingerprint density at radius 3 is 2.45 bits per heavy atom. The maximum Gasteiger partial charge on any atom is 0.162 e. The molecule has 1 heterocycles. The van der Waals surface area contributed by atoms with Gasteiger partial charge in [-0.2, -0.15) is 5.10 Å². The average molecular weight is 566 g/mol. The first-order valence-electron chi connectivity index (χ1n) is 10.5. The number of halogens is 1. The van der Waals surface area contributed by atoms with E-state index >= 15 is 0 Å². The summed E-state index contributed by atoms with van der Waals surface area (Å²) in [4.78, 5) is 0. The summed E-state index contributed by atoms with van der Waals surface area (Å²) in [6.07, 6.45) is 6.81. The summed E-state index contributed by atoms with van der Waals surface area (Å²) in [5.74, 6) is 0.0676. The summed E-state index contributed by atoms with van der Waals surface area (Å²) in [6, 6.07) is 25.5. The van der Waals surface area contributed by atoms with Gasteiger partial charge in [0.25, 0.3) is 0 Å². The smallest absolute Gasteiger partial charge is 0.162 e. The van der Waals surface area contributed by atoms with E-state index in [-0.39, 0.29) is 5.84 Å². The van der Waals surface area contributed by atoms with Crippen molar-refractivity contribution in [2.45, 2.75) is 13.3 Å². The summed E-state index contributed by atoms with van der Waals surface area (Å²) in [7, 11) is 0. The first-order chi connectivity index (χ1) is 16.1. The van der Waals surface area contributed by atoms with Gasteiger partial charge < -0.3 is 10.9 Å². The van der Waals surface area contributed by atoms with Gasteiger partial charge >= 0.3 is 0 Å². The van der Waals surface area contributed by atoms with Gasteiger partial charge in [-0.1, -0.05) is 78.8 Å². The Kier molecular flexibility index (Phi) is 7.57.